The summed E-state index contributed by atoms with van der Waals surface area (Å²) in [7, 11) is 0. The highest BCUT2D eigenvalue weighted by molar-refractivity contribution is 7.98. The van der Waals surface area contributed by atoms with Gasteiger partial charge in [0.25, 0.3) is 11.2 Å². The number of benzene rings is 2. The number of aromatic amines is 1. The van der Waals surface area contributed by atoms with Crippen LogP contribution in [0.4, 0.5) is 17.1 Å². The number of anilines is 2. The van der Waals surface area contributed by atoms with Gasteiger partial charge in [-0.25, -0.2) is 4.98 Å². The van der Waals surface area contributed by atoms with E-state index in [-0.39, 0.29) is 16.9 Å². The number of nitro groups is 1. The molecule has 1 aliphatic rings. The van der Waals surface area contributed by atoms with E-state index in [0.717, 1.165) is 18.8 Å². The Morgan fingerprint density at radius 1 is 1.12 bits per heavy atom. The minimum atomic E-state index is -0.562. The number of para-hydroxylation sites is 1. The first-order valence-corrected chi connectivity index (χ1v) is 11.2. The lowest BCUT2D eigenvalue weighted by Crippen LogP contribution is -2.46. The van der Waals surface area contributed by atoms with Crippen LogP contribution in [0.25, 0.3) is 11.3 Å². The molecule has 162 valence electrons. The number of hydrogen-bond acceptors (Lipinski definition) is 8. The molecule has 0 spiro atoms. The fourth-order valence-corrected chi connectivity index (χ4v) is 4.17. The van der Waals surface area contributed by atoms with Gasteiger partial charge in [-0.1, -0.05) is 30.0 Å². The number of nitriles is 1. The van der Waals surface area contributed by atoms with Crippen molar-refractivity contribution in [3.63, 3.8) is 0 Å². The third-order valence-electron chi connectivity index (χ3n) is 5.39. The molecule has 0 amide bonds. The molecule has 1 saturated heterocycles. The number of nitrogens with zero attached hydrogens (tertiary/aromatic N) is 5. The molecule has 0 atom stereocenters. The van der Waals surface area contributed by atoms with E-state index in [0.29, 0.717) is 29.5 Å². The molecule has 0 radical (unpaired) electrons. The summed E-state index contributed by atoms with van der Waals surface area (Å²) in [6.45, 7) is 2.90. The van der Waals surface area contributed by atoms with Gasteiger partial charge in [-0.3, -0.25) is 14.9 Å². The fraction of sp³-hybridized carbons (Fsp3) is 0.227. The van der Waals surface area contributed by atoms with Crippen LogP contribution in [0.3, 0.4) is 0 Å². The number of thioether (sulfide) groups is 1. The average Bonchev–Trinajstić information content (AvgIpc) is 2.83. The lowest BCUT2D eigenvalue weighted by atomic mass is 10.0. The largest absolute Gasteiger partial charge is 0.368 e. The Bertz CT molecular complexity index is 1250. The van der Waals surface area contributed by atoms with Gasteiger partial charge in [-0.15, -0.1) is 0 Å². The van der Waals surface area contributed by atoms with Crippen LogP contribution in [0, 0.1) is 21.4 Å². The van der Waals surface area contributed by atoms with Gasteiger partial charge in [-0.05, 0) is 24.5 Å². The van der Waals surface area contributed by atoms with E-state index in [1.54, 1.807) is 12.3 Å². The first-order valence-electron chi connectivity index (χ1n) is 9.94. The zero-order valence-corrected chi connectivity index (χ0v) is 18.1. The minimum absolute atomic E-state index is 0.122. The Balaban J connectivity index is 1.76. The number of nitro benzene ring substituents is 1. The minimum Gasteiger partial charge on any atom is -0.368 e. The number of H-pyrrole nitrogens is 1. The molecule has 1 aliphatic heterocycles. The van der Waals surface area contributed by atoms with Gasteiger partial charge in [0.05, 0.1) is 10.6 Å². The number of aromatic nitrogens is 2. The molecule has 2 aromatic carbocycles. The Hall–Kier alpha value is -3.84. The van der Waals surface area contributed by atoms with Gasteiger partial charge in [0.2, 0.25) is 0 Å². The smallest absolute Gasteiger partial charge is 0.270 e. The molecule has 3 aromatic rings. The molecular formula is C22H20N6O3S. The van der Waals surface area contributed by atoms with E-state index in [1.165, 1.54) is 23.9 Å². The average molecular weight is 449 g/mol. The predicted octanol–water partition coefficient (Wildman–Crippen LogP) is 3.27. The number of non-ortho nitro benzene ring substituents is 1. The van der Waals surface area contributed by atoms with Crippen LogP contribution >= 0.6 is 11.8 Å². The summed E-state index contributed by atoms with van der Waals surface area (Å²) in [5.74, 6) is 0. The van der Waals surface area contributed by atoms with Crippen molar-refractivity contribution < 1.29 is 4.92 Å². The van der Waals surface area contributed by atoms with E-state index in [9.17, 15) is 20.2 Å². The zero-order chi connectivity index (χ0) is 22.7. The van der Waals surface area contributed by atoms with E-state index < -0.39 is 10.5 Å². The van der Waals surface area contributed by atoms with Crippen molar-refractivity contribution in [2.75, 3.05) is 42.2 Å². The number of rotatable bonds is 5. The van der Waals surface area contributed by atoms with Crippen LogP contribution in [0.2, 0.25) is 0 Å². The number of piperazine rings is 1. The van der Waals surface area contributed by atoms with E-state index in [1.807, 2.05) is 24.3 Å². The molecule has 0 saturated carbocycles. The van der Waals surface area contributed by atoms with Gasteiger partial charge >= 0.3 is 0 Å². The highest BCUT2D eigenvalue weighted by Gasteiger charge is 2.25. The Morgan fingerprint density at radius 2 is 1.81 bits per heavy atom. The van der Waals surface area contributed by atoms with E-state index in [2.05, 4.69) is 31.9 Å². The molecule has 1 aromatic heterocycles. The van der Waals surface area contributed by atoms with Gasteiger partial charge < -0.3 is 14.8 Å². The van der Waals surface area contributed by atoms with Crippen molar-refractivity contribution in [1.82, 2.24) is 9.97 Å². The van der Waals surface area contributed by atoms with Crippen molar-refractivity contribution in [1.29, 1.82) is 5.26 Å². The van der Waals surface area contributed by atoms with E-state index >= 15 is 0 Å². The molecule has 1 fully saturated rings. The molecule has 1 N–H and O–H groups in total. The standard InChI is InChI=1S/C22H20N6O3S/c1-32-22-24-20(18(14-23)21(29)25-22)17-13-16(28(30)31)7-8-19(17)27-11-9-26(10-12-27)15-5-3-2-4-6-15/h2-8,13H,9-12H2,1H3,(H,24,25,29). The molecule has 9 nitrogen and oxygen atoms in total. The Kier molecular flexibility index (Phi) is 6.09. The van der Waals surface area contributed by atoms with Crippen LogP contribution in [0.15, 0.2) is 58.5 Å². The lowest BCUT2D eigenvalue weighted by molar-refractivity contribution is -0.384. The molecule has 10 heteroatoms. The molecule has 0 unspecified atom stereocenters. The van der Waals surface area contributed by atoms with Crippen LogP contribution in [-0.4, -0.2) is 47.3 Å². The molecular weight excluding hydrogens is 428 g/mol. The van der Waals surface area contributed by atoms with Crippen LogP contribution in [0.1, 0.15) is 5.56 Å². The van der Waals surface area contributed by atoms with Crippen molar-refractivity contribution in [2.24, 2.45) is 0 Å². The second kappa shape index (κ2) is 9.11. The monoisotopic (exact) mass is 448 g/mol. The van der Waals surface area contributed by atoms with Gasteiger partial charge in [-0.2, -0.15) is 5.26 Å². The van der Waals surface area contributed by atoms with Crippen molar-refractivity contribution in [3.05, 3.63) is 74.6 Å². The highest BCUT2D eigenvalue weighted by Crippen LogP contribution is 2.35. The predicted molar refractivity (Wildman–Crippen MR) is 124 cm³/mol. The van der Waals surface area contributed by atoms with Gasteiger partial charge in [0.1, 0.15) is 11.6 Å². The van der Waals surface area contributed by atoms with Crippen LogP contribution < -0.4 is 15.4 Å². The van der Waals surface area contributed by atoms with Crippen molar-refractivity contribution in [3.8, 4) is 17.3 Å². The zero-order valence-electron chi connectivity index (χ0n) is 17.3. The third-order valence-corrected chi connectivity index (χ3v) is 5.97. The molecule has 2 heterocycles. The summed E-state index contributed by atoms with van der Waals surface area (Å²) in [5.41, 5.74) is 1.58. The lowest BCUT2D eigenvalue weighted by Gasteiger charge is -2.38. The SMILES string of the molecule is CSc1nc(-c2cc([N+](=O)[O-])ccc2N2CCN(c3ccccc3)CC2)c(C#N)c(=O)[nH]1. The normalized spacial score (nSPS) is 13.6. The summed E-state index contributed by atoms with van der Waals surface area (Å²) in [4.78, 5) is 34.8. The van der Waals surface area contributed by atoms with Crippen LogP contribution in [0.5, 0.6) is 0 Å². The second-order valence-corrected chi connectivity index (χ2v) is 7.97. The molecule has 0 aliphatic carbocycles. The third kappa shape index (κ3) is 4.15. The number of hydrogen-bond donors (Lipinski definition) is 1. The Labute approximate surface area is 188 Å². The highest BCUT2D eigenvalue weighted by atomic mass is 32.2. The molecule has 4 rings (SSSR count). The Morgan fingerprint density at radius 3 is 2.44 bits per heavy atom. The summed E-state index contributed by atoms with van der Waals surface area (Å²) < 4.78 is 0. The van der Waals surface area contributed by atoms with E-state index in [4.69, 9.17) is 0 Å². The van der Waals surface area contributed by atoms with Crippen molar-refractivity contribution >= 4 is 28.8 Å². The fourth-order valence-electron chi connectivity index (χ4n) is 3.80. The maximum atomic E-state index is 12.4. The maximum Gasteiger partial charge on any atom is 0.270 e. The first kappa shape index (κ1) is 21.4. The van der Waals surface area contributed by atoms with Gasteiger partial charge in [0, 0.05) is 55.2 Å². The maximum absolute atomic E-state index is 12.4. The quantitative estimate of drug-likeness (QED) is 0.273. The molecule has 32 heavy (non-hydrogen) atoms. The summed E-state index contributed by atoms with van der Waals surface area (Å²) in [5, 5.41) is 21.4. The topological polar surface area (TPSA) is 119 Å². The second-order valence-electron chi connectivity index (χ2n) is 7.18. The summed E-state index contributed by atoms with van der Waals surface area (Å²) >= 11 is 1.23. The first-order chi connectivity index (χ1) is 15.5. The summed E-state index contributed by atoms with van der Waals surface area (Å²) in [6.07, 6.45) is 1.76. The number of nitrogens with one attached hydrogen (secondary N) is 1. The van der Waals surface area contributed by atoms with Crippen molar-refractivity contribution in [2.45, 2.75) is 5.16 Å². The van der Waals surface area contributed by atoms with Crippen LogP contribution in [-0.2, 0) is 0 Å². The molecule has 0 bridgehead atoms. The van der Waals surface area contributed by atoms with Gasteiger partial charge in [0.15, 0.2) is 5.16 Å². The summed E-state index contributed by atoms with van der Waals surface area (Å²) in [6, 6.07) is 16.5.